The van der Waals surface area contributed by atoms with Gasteiger partial charge in [-0.1, -0.05) is 6.07 Å². The number of carbonyl (C=O) groups is 1. The minimum Gasteiger partial charge on any atom is -0.396 e. The molecule has 98 valence electrons. The molecule has 0 unspecified atom stereocenters. The lowest BCUT2D eigenvalue weighted by molar-refractivity contribution is 0.0705. The number of aryl methyl sites for hydroxylation is 1. The highest BCUT2D eigenvalue weighted by Crippen LogP contribution is 2.23. The molecular weight excluding hydrogens is 244 g/mol. The number of nitrogen functional groups attached to an aromatic ring is 2. The second kappa shape index (κ2) is 4.95. The molecule has 0 spiro atoms. The SMILES string of the molecule is Cc1cc(-c2ccc(N)c(N)n2)ccc1C(=O)NO. The Bertz CT molecular complexity index is 641. The zero-order valence-corrected chi connectivity index (χ0v) is 10.3. The molecule has 6 heteroatoms. The number of carbonyl (C=O) groups excluding carboxylic acids is 1. The van der Waals surface area contributed by atoms with Gasteiger partial charge in [0.2, 0.25) is 0 Å². The molecule has 0 radical (unpaired) electrons. The van der Waals surface area contributed by atoms with E-state index in [1.807, 2.05) is 0 Å². The maximum absolute atomic E-state index is 11.4. The lowest BCUT2D eigenvalue weighted by Crippen LogP contribution is -2.19. The molecule has 1 aromatic heterocycles. The quantitative estimate of drug-likeness (QED) is 0.479. The Balaban J connectivity index is 2.44. The van der Waals surface area contributed by atoms with Gasteiger partial charge in [-0.2, -0.15) is 0 Å². The predicted molar refractivity (Wildman–Crippen MR) is 72.5 cm³/mol. The van der Waals surface area contributed by atoms with E-state index in [4.69, 9.17) is 16.7 Å². The van der Waals surface area contributed by atoms with Gasteiger partial charge in [-0.3, -0.25) is 10.0 Å². The fourth-order valence-electron chi connectivity index (χ4n) is 1.78. The van der Waals surface area contributed by atoms with Crippen molar-refractivity contribution >= 4 is 17.4 Å². The Kier molecular flexibility index (Phi) is 3.35. The number of amides is 1. The second-order valence-corrected chi connectivity index (χ2v) is 4.14. The van der Waals surface area contributed by atoms with E-state index in [0.29, 0.717) is 16.9 Å². The van der Waals surface area contributed by atoms with Gasteiger partial charge in [0.05, 0.1) is 11.4 Å². The van der Waals surface area contributed by atoms with Crippen LogP contribution in [0, 0.1) is 6.92 Å². The van der Waals surface area contributed by atoms with Crippen LogP contribution in [0.15, 0.2) is 30.3 Å². The molecule has 2 aromatic rings. The van der Waals surface area contributed by atoms with E-state index in [1.54, 1.807) is 42.7 Å². The van der Waals surface area contributed by atoms with Gasteiger partial charge in [-0.25, -0.2) is 10.5 Å². The Morgan fingerprint density at radius 1 is 1.26 bits per heavy atom. The molecule has 1 amide bonds. The maximum Gasteiger partial charge on any atom is 0.274 e. The van der Waals surface area contributed by atoms with Gasteiger partial charge in [0.1, 0.15) is 5.82 Å². The molecule has 6 nitrogen and oxygen atoms in total. The number of anilines is 2. The summed E-state index contributed by atoms with van der Waals surface area (Å²) in [4.78, 5) is 15.5. The molecule has 6 N–H and O–H groups in total. The summed E-state index contributed by atoms with van der Waals surface area (Å²) in [5.41, 5.74) is 15.9. The van der Waals surface area contributed by atoms with Gasteiger partial charge in [0, 0.05) is 11.1 Å². The predicted octanol–water partition coefficient (Wildman–Crippen LogP) is 1.34. The number of hydrogen-bond donors (Lipinski definition) is 4. The van der Waals surface area contributed by atoms with Crippen LogP contribution in [0.5, 0.6) is 0 Å². The van der Waals surface area contributed by atoms with E-state index in [2.05, 4.69) is 4.98 Å². The van der Waals surface area contributed by atoms with Crippen LogP contribution >= 0.6 is 0 Å². The average molecular weight is 258 g/mol. The van der Waals surface area contributed by atoms with Gasteiger partial charge in [0.15, 0.2) is 0 Å². The summed E-state index contributed by atoms with van der Waals surface area (Å²) < 4.78 is 0. The second-order valence-electron chi connectivity index (χ2n) is 4.14. The largest absolute Gasteiger partial charge is 0.396 e. The monoisotopic (exact) mass is 258 g/mol. The molecule has 0 aliphatic heterocycles. The van der Waals surface area contributed by atoms with Crippen LogP contribution in [0.1, 0.15) is 15.9 Å². The molecule has 0 saturated heterocycles. The zero-order chi connectivity index (χ0) is 14.0. The Labute approximate surface area is 110 Å². The molecule has 0 atom stereocenters. The van der Waals surface area contributed by atoms with E-state index in [0.717, 1.165) is 11.1 Å². The van der Waals surface area contributed by atoms with Crippen molar-refractivity contribution in [2.45, 2.75) is 6.92 Å². The minimum atomic E-state index is -0.547. The molecule has 1 aromatic carbocycles. The number of pyridine rings is 1. The van der Waals surface area contributed by atoms with Crippen molar-refractivity contribution in [3.63, 3.8) is 0 Å². The average Bonchev–Trinajstić information content (AvgIpc) is 2.41. The van der Waals surface area contributed by atoms with Gasteiger partial charge in [-0.15, -0.1) is 0 Å². The molecule has 1 heterocycles. The third-order valence-corrected chi connectivity index (χ3v) is 2.83. The van der Waals surface area contributed by atoms with Crippen molar-refractivity contribution in [3.05, 3.63) is 41.5 Å². The summed E-state index contributed by atoms with van der Waals surface area (Å²) in [6.45, 7) is 1.77. The van der Waals surface area contributed by atoms with Gasteiger partial charge < -0.3 is 11.5 Å². The number of nitrogens with two attached hydrogens (primary N) is 2. The van der Waals surface area contributed by atoms with E-state index < -0.39 is 5.91 Å². The van der Waals surface area contributed by atoms with Crippen LogP contribution in [0.3, 0.4) is 0 Å². The van der Waals surface area contributed by atoms with Gasteiger partial charge in [0.25, 0.3) is 5.91 Å². The summed E-state index contributed by atoms with van der Waals surface area (Å²) in [5.74, 6) is -0.277. The topological polar surface area (TPSA) is 114 Å². The van der Waals surface area contributed by atoms with Crippen molar-refractivity contribution < 1.29 is 10.0 Å². The molecule has 0 aliphatic carbocycles. The van der Waals surface area contributed by atoms with Crippen LogP contribution < -0.4 is 16.9 Å². The number of benzene rings is 1. The maximum atomic E-state index is 11.4. The number of aromatic nitrogens is 1. The highest BCUT2D eigenvalue weighted by Gasteiger charge is 2.10. The summed E-state index contributed by atoms with van der Waals surface area (Å²) in [6.07, 6.45) is 0. The van der Waals surface area contributed by atoms with E-state index in [-0.39, 0.29) is 5.82 Å². The zero-order valence-electron chi connectivity index (χ0n) is 10.3. The molecule has 0 saturated carbocycles. The molecule has 0 fully saturated rings. The number of nitrogens with zero attached hydrogens (tertiary/aromatic N) is 1. The van der Waals surface area contributed by atoms with Gasteiger partial charge in [-0.05, 0) is 36.8 Å². The Morgan fingerprint density at radius 3 is 2.58 bits per heavy atom. The number of hydrogen-bond acceptors (Lipinski definition) is 5. The lowest BCUT2D eigenvalue weighted by Gasteiger charge is -2.08. The number of nitrogens with one attached hydrogen (secondary N) is 1. The number of rotatable bonds is 2. The van der Waals surface area contributed by atoms with E-state index >= 15 is 0 Å². The first-order chi connectivity index (χ1) is 9.02. The first kappa shape index (κ1) is 12.8. The molecule has 2 rings (SSSR count). The first-order valence-electron chi connectivity index (χ1n) is 5.60. The molecule has 19 heavy (non-hydrogen) atoms. The smallest absolute Gasteiger partial charge is 0.274 e. The van der Waals surface area contributed by atoms with Crippen LogP contribution in [0.25, 0.3) is 11.3 Å². The number of hydroxylamine groups is 1. The first-order valence-corrected chi connectivity index (χ1v) is 5.60. The highest BCUT2D eigenvalue weighted by molar-refractivity contribution is 5.95. The molecule has 0 bridgehead atoms. The van der Waals surface area contributed by atoms with Crippen LogP contribution in [-0.4, -0.2) is 16.1 Å². The highest BCUT2D eigenvalue weighted by atomic mass is 16.5. The molecular formula is C13H14N4O2. The Hall–Kier alpha value is -2.60. The van der Waals surface area contributed by atoms with Gasteiger partial charge >= 0.3 is 0 Å². The molecule has 0 aliphatic rings. The van der Waals surface area contributed by atoms with Crippen molar-refractivity contribution in [2.24, 2.45) is 0 Å². The minimum absolute atomic E-state index is 0.271. The summed E-state index contributed by atoms with van der Waals surface area (Å²) in [6, 6.07) is 8.58. The van der Waals surface area contributed by atoms with Crippen molar-refractivity contribution in [1.82, 2.24) is 10.5 Å². The van der Waals surface area contributed by atoms with Crippen LogP contribution in [0.2, 0.25) is 0 Å². The lowest BCUT2D eigenvalue weighted by atomic mass is 10.0. The Morgan fingerprint density at radius 2 is 2.00 bits per heavy atom. The third kappa shape index (κ3) is 2.48. The fourth-order valence-corrected chi connectivity index (χ4v) is 1.78. The van der Waals surface area contributed by atoms with Crippen molar-refractivity contribution in [1.29, 1.82) is 0 Å². The van der Waals surface area contributed by atoms with Crippen molar-refractivity contribution in [3.8, 4) is 11.3 Å². The van der Waals surface area contributed by atoms with E-state index in [9.17, 15) is 4.79 Å². The van der Waals surface area contributed by atoms with Crippen LogP contribution in [0.4, 0.5) is 11.5 Å². The summed E-state index contributed by atoms with van der Waals surface area (Å²) in [5, 5.41) is 8.62. The van der Waals surface area contributed by atoms with Crippen LogP contribution in [-0.2, 0) is 0 Å². The third-order valence-electron chi connectivity index (χ3n) is 2.83. The normalized spacial score (nSPS) is 10.2. The fraction of sp³-hybridized carbons (Fsp3) is 0.0769. The summed E-state index contributed by atoms with van der Waals surface area (Å²) >= 11 is 0. The summed E-state index contributed by atoms with van der Waals surface area (Å²) in [7, 11) is 0. The standard InChI is InChI=1S/C13H14N4O2/c1-7-6-8(2-3-9(7)13(18)17-19)11-5-4-10(14)12(15)16-11/h2-6,19H,14H2,1H3,(H2,15,16)(H,17,18). The van der Waals surface area contributed by atoms with Crippen molar-refractivity contribution in [2.75, 3.05) is 11.5 Å². The van der Waals surface area contributed by atoms with E-state index in [1.165, 1.54) is 0 Å².